The van der Waals surface area contributed by atoms with Gasteiger partial charge >= 0.3 is 0 Å². The summed E-state index contributed by atoms with van der Waals surface area (Å²) in [5, 5.41) is 3.19. The molecule has 0 saturated heterocycles. The van der Waals surface area contributed by atoms with Crippen LogP contribution < -0.4 is 10.1 Å². The Kier molecular flexibility index (Phi) is 4.81. The van der Waals surface area contributed by atoms with Crippen LogP contribution in [0.4, 0.5) is 4.39 Å². The highest BCUT2D eigenvalue weighted by molar-refractivity contribution is 5.35. The highest BCUT2D eigenvalue weighted by atomic mass is 19.1. The average molecular weight is 221 g/mol. The summed E-state index contributed by atoms with van der Waals surface area (Å²) in [6, 6.07) is 4.47. The van der Waals surface area contributed by atoms with E-state index in [9.17, 15) is 4.39 Å². The van der Waals surface area contributed by atoms with Gasteiger partial charge in [0.2, 0.25) is 0 Å². The first-order chi connectivity index (χ1) is 7.72. The maximum absolute atomic E-state index is 13.2. The summed E-state index contributed by atoms with van der Waals surface area (Å²) in [6.45, 7) is 2.89. The Morgan fingerprint density at radius 2 is 2.31 bits per heavy atom. The lowest BCUT2D eigenvalue weighted by Crippen LogP contribution is -2.20. The summed E-state index contributed by atoms with van der Waals surface area (Å²) in [5.74, 6) is 2.48. The molecule has 0 radical (unpaired) electrons. The second-order valence-corrected chi connectivity index (χ2v) is 3.45. The first-order valence-electron chi connectivity index (χ1n) is 5.25. The second-order valence-electron chi connectivity index (χ2n) is 3.45. The van der Waals surface area contributed by atoms with Crippen LogP contribution in [0.3, 0.4) is 0 Å². The molecule has 1 aromatic carbocycles. The highest BCUT2D eigenvalue weighted by Crippen LogP contribution is 2.22. The van der Waals surface area contributed by atoms with E-state index in [0.29, 0.717) is 0 Å². The van der Waals surface area contributed by atoms with Crippen molar-refractivity contribution in [3.63, 3.8) is 0 Å². The topological polar surface area (TPSA) is 21.3 Å². The lowest BCUT2D eigenvalue weighted by atomic mass is 10.1. The number of rotatable bonds is 5. The molecule has 0 spiro atoms. The van der Waals surface area contributed by atoms with E-state index in [-0.39, 0.29) is 17.6 Å². The first kappa shape index (κ1) is 12.5. The van der Waals surface area contributed by atoms with Crippen LogP contribution in [0, 0.1) is 18.2 Å². The predicted molar refractivity (Wildman–Crippen MR) is 62.8 cm³/mol. The highest BCUT2D eigenvalue weighted by Gasteiger charge is 2.10. The first-order valence-corrected chi connectivity index (χ1v) is 5.25. The molecule has 0 fully saturated rings. The van der Waals surface area contributed by atoms with Crippen LogP contribution in [0.15, 0.2) is 18.2 Å². The van der Waals surface area contributed by atoms with E-state index in [1.54, 1.807) is 12.1 Å². The van der Waals surface area contributed by atoms with E-state index in [2.05, 4.69) is 18.2 Å². The van der Waals surface area contributed by atoms with Crippen molar-refractivity contribution in [2.45, 2.75) is 19.4 Å². The third-order valence-corrected chi connectivity index (χ3v) is 2.27. The van der Waals surface area contributed by atoms with Gasteiger partial charge in [0.15, 0.2) is 11.6 Å². The standard InChI is InChI=1S/C13H16FNO/c1-4-8-15-12(5-2)10-6-7-11(14)13(9-10)16-3/h2,6-7,9,12,15H,4,8H2,1,3H3. The summed E-state index contributed by atoms with van der Waals surface area (Å²) >= 11 is 0. The molecule has 0 saturated carbocycles. The SMILES string of the molecule is C#CC(NCCC)c1ccc(F)c(OC)c1. The molecule has 1 unspecified atom stereocenters. The summed E-state index contributed by atoms with van der Waals surface area (Å²) in [6.07, 6.45) is 6.42. The average Bonchev–Trinajstić information content (AvgIpc) is 2.32. The van der Waals surface area contributed by atoms with Crippen molar-refractivity contribution in [3.8, 4) is 18.1 Å². The lowest BCUT2D eigenvalue weighted by Gasteiger charge is -2.13. The van der Waals surface area contributed by atoms with Gasteiger partial charge in [-0.15, -0.1) is 6.42 Å². The molecule has 86 valence electrons. The molecule has 0 amide bonds. The Morgan fingerprint density at radius 1 is 1.56 bits per heavy atom. The molecule has 1 aromatic rings. The van der Waals surface area contributed by atoms with Gasteiger partial charge < -0.3 is 10.1 Å². The number of terminal acetylenes is 1. The van der Waals surface area contributed by atoms with Crippen molar-refractivity contribution in [2.75, 3.05) is 13.7 Å². The number of methoxy groups -OCH3 is 1. The maximum Gasteiger partial charge on any atom is 0.165 e. The summed E-state index contributed by atoms with van der Waals surface area (Å²) < 4.78 is 18.1. The third-order valence-electron chi connectivity index (χ3n) is 2.27. The fourth-order valence-electron chi connectivity index (χ4n) is 1.42. The molecule has 1 N–H and O–H groups in total. The van der Waals surface area contributed by atoms with Gasteiger partial charge in [-0.1, -0.05) is 18.9 Å². The van der Waals surface area contributed by atoms with Gasteiger partial charge in [0, 0.05) is 0 Å². The fourth-order valence-corrected chi connectivity index (χ4v) is 1.42. The van der Waals surface area contributed by atoms with Crippen molar-refractivity contribution in [1.82, 2.24) is 5.32 Å². The molecular formula is C13H16FNO. The Morgan fingerprint density at radius 3 is 2.88 bits per heavy atom. The predicted octanol–water partition coefficient (Wildman–Crippen LogP) is 2.51. The number of hydrogen-bond acceptors (Lipinski definition) is 2. The molecule has 3 heteroatoms. The van der Waals surface area contributed by atoms with E-state index < -0.39 is 0 Å². The minimum absolute atomic E-state index is 0.200. The number of nitrogens with one attached hydrogen (secondary N) is 1. The van der Waals surface area contributed by atoms with Crippen molar-refractivity contribution < 1.29 is 9.13 Å². The summed E-state index contributed by atoms with van der Waals surface area (Å²) in [4.78, 5) is 0. The Bertz CT molecular complexity index is 384. The van der Waals surface area contributed by atoms with Gasteiger partial charge in [-0.2, -0.15) is 0 Å². The van der Waals surface area contributed by atoms with Crippen LogP contribution in [0.1, 0.15) is 24.9 Å². The summed E-state index contributed by atoms with van der Waals surface area (Å²) in [7, 11) is 1.44. The van der Waals surface area contributed by atoms with Crippen molar-refractivity contribution in [1.29, 1.82) is 0 Å². The number of benzene rings is 1. The Balaban J connectivity index is 2.89. The maximum atomic E-state index is 13.2. The monoisotopic (exact) mass is 221 g/mol. The van der Waals surface area contributed by atoms with Crippen LogP contribution in [-0.4, -0.2) is 13.7 Å². The van der Waals surface area contributed by atoms with E-state index >= 15 is 0 Å². The van der Waals surface area contributed by atoms with E-state index in [4.69, 9.17) is 11.2 Å². The van der Waals surface area contributed by atoms with E-state index in [1.165, 1.54) is 13.2 Å². The van der Waals surface area contributed by atoms with Crippen molar-refractivity contribution in [3.05, 3.63) is 29.6 Å². The van der Waals surface area contributed by atoms with Crippen LogP contribution >= 0.6 is 0 Å². The molecule has 0 aliphatic heterocycles. The Hall–Kier alpha value is -1.53. The van der Waals surface area contributed by atoms with E-state index in [0.717, 1.165) is 18.5 Å². The second kappa shape index (κ2) is 6.14. The van der Waals surface area contributed by atoms with Crippen LogP contribution in [0.5, 0.6) is 5.75 Å². The molecule has 1 atom stereocenters. The normalized spacial score (nSPS) is 11.9. The molecule has 16 heavy (non-hydrogen) atoms. The van der Waals surface area contributed by atoms with Crippen LogP contribution in [0.2, 0.25) is 0 Å². The van der Waals surface area contributed by atoms with Gasteiger partial charge in [0.25, 0.3) is 0 Å². The molecule has 0 aliphatic rings. The summed E-state index contributed by atoms with van der Waals surface area (Å²) in [5.41, 5.74) is 0.842. The smallest absolute Gasteiger partial charge is 0.165 e. The molecular weight excluding hydrogens is 205 g/mol. The third kappa shape index (κ3) is 2.98. The van der Waals surface area contributed by atoms with E-state index in [1.807, 2.05) is 0 Å². The molecule has 0 bridgehead atoms. The van der Waals surface area contributed by atoms with Gasteiger partial charge in [-0.3, -0.25) is 0 Å². The van der Waals surface area contributed by atoms with Crippen LogP contribution in [0.25, 0.3) is 0 Å². The van der Waals surface area contributed by atoms with Gasteiger partial charge in [-0.05, 0) is 30.7 Å². The minimum Gasteiger partial charge on any atom is -0.494 e. The van der Waals surface area contributed by atoms with Gasteiger partial charge in [-0.25, -0.2) is 4.39 Å². The molecule has 0 heterocycles. The van der Waals surface area contributed by atoms with Gasteiger partial charge in [0.1, 0.15) is 0 Å². The van der Waals surface area contributed by atoms with Gasteiger partial charge in [0.05, 0.1) is 13.2 Å². The molecule has 1 rings (SSSR count). The Labute approximate surface area is 95.8 Å². The zero-order chi connectivity index (χ0) is 12.0. The van der Waals surface area contributed by atoms with Crippen molar-refractivity contribution >= 4 is 0 Å². The number of ether oxygens (including phenoxy) is 1. The zero-order valence-electron chi connectivity index (χ0n) is 9.59. The van der Waals surface area contributed by atoms with Crippen LogP contribution in [-0.2, 0) is 0 Å². The molecule has 2 nitrogen and oxygen atoms in total. The molecule has 0 aliphatic carbocycles. The quantitative estimate of drug-likeness (QED) is 0.771. The number of hydrogen-bond donors (Lipinski definition) is 1. The number of halogens is 1. The minimum atomic E-state index is -0.377. The van der Waals surface area contributed by atoms with Crippen molar-refractivity contribution in [2.24, 2.45) is 0 Å². The lowest BCUT2D eigenvalue weighted by molar-refractivity contribution is 0.385. The zero-order valence-corrected chi connectivity index (χ0v) is 9.59. The fraction of sp³-hybridized carbons (Fsp3) is 0.385. The molecule has 0 aromatic heterocycles. The largest absolute Gasteiger partial charge is 0.494 e.